The molecule has 0 saturated heterocycles. The molecule has 0 heterocycles. The van der Waals surface area contributed by atoms with Gasteiger partial charge < -0.3 is 0 Å². The summed E-state index contributed by atoms with van der Waals surface area (Å²) in [5.74, 6) is 0. The minimum atomic E-state index is 0.585. The molecule has 0 aliphatic carbocycles. The predicted octanol–water partition coefficient (Wildman–Crippen LogP) is 4.40. The first-order valence-electron chi connectivity index (χ1n) is 5.31. The van der Waals surface area contributed by atoms with Gasteiger partial charge in [-0.3, -0.25) is 0 Å². The molecule has 17 heavy (non-hydrogen) atoms. The Kier molecular flexibility index (Phi) is 4.94. The fourth-order valence-electron chi connectivity index (χ4n) is 1.45. The van der Waals surface area contributed by atoms with Crippen LogP contribution in [0.25, 0.3) is 0 Å². The summed E-state index contributed by atoms with van der Waals surface area (Å²) in [5.41, 5.74) is 2.73. The summed E-state index contributed by atoms with van der Waals surface area (Å²) in [4.78, 5) is 0. The average molecular weight is 330 g/mol. The van der Waals surface area contributed by atoms with Crippen molar-refractivity contribution in [2.75, 3.05) is 0 Å². The van der Waals surface area contributed by atoms with E-state index in [1.54, 1.807) is 0 Å². The summed E-state index contributed by atoms with van der Waals surface area (Å²) >= 11 is 12.3. The molecule has 0 radical (unpaired) electrons. The number of hydrogen-bond acceptors (Lipinski definition) is 0. The van der Waals surface area contributed by atoms with Crippen molar-refractivity contribution in [3.05, 3.63) is 69.7 Å². The second-order valence-electron chi connectivity index (χ2n) is 3.75. The van der Waals surface area contributed by atoms with Crippen LogP contribution < -0.4 is 0 Å². The number of hydrogen-bond donors (Lipinski definition) is 0. The van der Waals surface area contributed by atoms with Crippen LogP contribution in [0.1, 0.15) is 11.1 Å². The maximum absolute atomic E-state index is 5.85. The van der Waals surface area contributed by atoms with Crippen LogP contribution in [-0.4, -0.2) is 15.0 Å². The van der Waals surface area contributed by atoms with E-state index in [9.17, 15) is 0 Å². The number of halogens is 2. The zero-order valence-electron chi connectivity index (χ0n) is 9.20. The van der Waals surface area contributed by atoms with Crippen LogP contribution in [0.3, 0.4) is 0 Å². The molecule has 0 nitrogen and oxygen atoms in total. The van der Waals surface area contributed by atoms with Gasteiger partial charge >= 0.3 is 119 Å². The molecule has 0 fully saturated rings. The molecule has 0 N–H and O–H groups in total. The number of benzene rings is 2. The zero-order valence-corrected chi connectivity index (χ0v) is 12.4. The van der Waals surface area contributed by atoms with Crippen molar-refractivity contribution < 1.29 is 0 Å². The van der Waals surface area contributed by atoms with Gasteiger partial charge in [0.15, 0.2) is 0 Å². The van der Waals surface area contributed by atoms with Gasteiger partial charge in [0.2, 0.25) is 0 Å². The van der Waals surface area contributed by atoms with E-state index >= 15 is 0 Å². The van der Waals surface area contributed by atoms with Crippen molar-refractivity contribution in [2.24, 2.45) is 0 Å². The molecular formula is C14H12Cl2Se. The van der Waals surface area contributed by atoms with Crippen molar-refractivity contribution in [2.45, 2.75) is 10.6 Å². The van der Waals surface area contributed by atoms with E-state index in [4.69, 9.17) is 23.2 Å². The second-order valence-corrected chi connectivity index (χ2v) is 6.69. The molecule has 0 spiro atoms. The van der Waals surface area contributed by atoms with Crippen molar-refractivity contribution in [3.63, 3.8) is 0 Å². The van der Waals surface area contributed by atoms with E-state index < -0.39 is 0 Å². The quantitative estimate of drug-likeness (QED) is 0.729. The molecule has 0 saturated carbocycles. The van der Waals surface area contributed by atoms with E-state index in [-0.39, 0.29) is 0 Å². The van der Waals surface area contributed by atoms with Gasteiger partial charge in [-0.25, -0.2) is 0 Å². The molecule has 0 atom stereocenters. The minimum absolute atomic E-state index is 0.585. The van der Waals surface area contributed by atoms with E-state index in [1.807, 2.05) is 24.3 Å². The van der Waals surface area contributed by atoms with Gasteiger partial charge in [-0.2, -0.15) is 0 Å². The van der Waals surface area contributed by atoms with Gasteiger partial charge in [0, 0.05) is 0 Å². The molecule has 88 valence electrons. The summed E-state index contributed by atoms with van der Waals surface area (Å²) in [5, 5.41) is 3.90. The van der Waals surface area contributed by atoms with Crippen LogP contribution in [0.15, 0.2) is 48.5 Å². The Morgan fingerprint density at radius 2 is 1.00 bits per heavy atom. The van der Waals surface area contributed by atoms with Gasteiger partial charge in [-0.15, -0.1) is 0 Å². The van der Waals surface area contributed by atoms with Crippen LogP contribution in [0.4, 0.5) is 0 Å². The average Bonchev–Trinajstić information content (AvgIpc) is 2.34. The fourth-order valence-corrected chi connectivity index (χ4v) is 3.71. The summed E-state index contributed by atoms with van der Waals surface area (Å²) in [6.45, 7) is 0. The Hall–Kier alpha value is -0.461. The zero-order chi connectivity index (χ0) is 12.1. The summed E-state index contributed by atoms with van der Waals surface area (Å²) < 4.78 is 0. The third kappa shape index (κ3) is 4.37. The fraction of sp³-hybridized carbons (Fsp3) is 0.143. The molecular weight excluding hydrogens is 318 g/mol. The normalized spacial score (nSPS) is 10.5. The molecule has 0 aliphatic rings. The molecule has 2 aromatic rings. The molecule has 2 aromatic carbocycles. The van der Waals surface area contributed by atoms with Crippen molar-refractivity contribution in [1.29, 1.82) is 0 Å². The van der Waals surface area contributed by atoms with Crippen LogP contribution in [-0.2, 0) is 10.6 Å². The van der Waals surface area contributed by atoms with E-state index in [0.29, 0.717) is 15.0 Å². The van der Waals surface area contributed by atoms with Crippen LogP contribution in [0.2, 0.25) is 10.0 Å². The van der Waals surface area contributed by atoms with Gasteiger partial charge in [0.25, 0.3) is 0 Å². The standard InChI is InChI=1S/C14H12Cl2Se/c15-13-5-1-11(2-6-13)9-17-10-12-3-7-14(16)8-4-12/h1-8H,9-10H2. The molecule has 0 aromatic heterocycles. The third-order valence-electron chi connectivity index (χ3n) is 2.36. The van der Waals surface area contributed by atoms with Gasteiger partial charge in [0.05, 0.1) is 0 Å². The molecule has 2 rings (SSSR count). The van der Waals surface area contributed by atoms with Crippen molar-refractivity contribution in [1.82, 2.24) is 0 Å². The van der Waals surface area contributed by atoms with Crippen LogP contribution >= 0.6 is 23.2 Å². The Morgan fingerprint density at radius 1 is 0.647 bits per heavy atom. The molecule has 0 aliphatic heterocycles. The Labute approximate surface area is 118 Å². The Morgan fingerprint density at radius 3 is 1.35 bits per heavy atom. The van der Waals surface area contributed by atoms with Crippen molar-refractivity contribution in [3.8, 4) is 0 Å². The monoisotopic (exact) mass is 330 g/mol. The Balaban J connectivity index is 1.83. The summed E-state index contributed by atoms with van der Waals surface area (Å²) in [7, 11) is 0. The summed E-state index contributed by atoms with van der Waals surface area (Å²) in [6, 6.07) is 16.2. The second kappa shape index (κ2) is 6.47. The number of rotatable bonds is 4. The summed E-state index contributed by atoms with van der Waals surface area (Å²) in [6.07, 6.45) is 0. The van der Waals surface area contributed by atoms with E-state index in [1.165, 1.54) is 11.1 Å². The van der Waals surface area contributed by atoms with Crippen molar-refractivity contribution >= 4 is 38.2 Å². The third-order valence-corrected chi connectivity index (χ3v) is 5.12. The van der Waals surface area contributed by atoms with Crippen LogP contribution in [0.5, 0.6) is 0 Å². The Bertz CT molecular complexity index is 417. The van der Waals surface area contributed by atoms with E-state index in [0.717, 1.165) is 20.7 Å². The molecule has 0 amide bonds. The first-order chi connectivity index (χ1) is 8.24. The maximum atomic E-state index is 5.85. The topological polar surface area (TPSA) is 0 Å². The van der Waals surface area contributed by atoms with Gasteiger partial charge in [0.1, 0.15) is 0 Å². The van der Waals surface area contributed by atoms with E-state index in [2.05, 4.69) is 24.3 Å². The van der Waals surface area contributed by atoms with Crippen LogP contribution in [0, 0.1) is 0 Å². The molecule has 0 bridgehead atoms. The van der Waals surface area contributed by atoms with Gasteiger partial charge in [-0.1, -0.05) is 0 Å². The predicted molar refractivity (Wildman–Crippen MR) is 76.1 cm³/mol. The van der Waals surface area contributed by atoms with Gasteiger partial charge in [-0.05, 0) is 0 Å². The first-order valence-corrected chi connectivity index (χ1v) is 8.48. The molecule has 3 heteroatoms. The first kappa shape index (κ1) is 13.0. The molecule has 0 unspecified atom stereocenters. The SMILES string of the molecule is Clc1ccc(C[Se]Cc2ccc(Cl)cc2)cc1.